The van der Waals surface area contributed by atoms with E-state index >= 15 is 0 Å². The minimum atomic E-state index is -0.523. The van der Waals surface area contributed by atoms with Gasteiger partial charge in [-0.15, -0.1) is 0 Å². The topological polar surface area (TPSA) is 128 Å². The second-order valence-electron chi connectivity index (χ2n) is 15.2. The van der Waals surface area contributed by atoms with Crippen molar-refractivity contribution in [3.63, 3.8) is 0 Å². The molecule has 3 aliphatic heterocycles. The van der Waals surface area contributed by atoms with Crippen LogP contribution in [0.2, 0.25) is 0 Å². The Kier molecular flexibility index (Phi) is 13.4. The molecule has 13 nitrogen and oxygen atoms in total. The number of carbonyl (C=O) groups is 3. The summed E-state index contributed by atoms with van der Waals surface area (Å²) in [4.78, 5) is 46.6. The van der Waals surface area contributed by atoms with Gasteiger partial charge in [0.15, 0.2) is 23.0 Å². The molecule has 3 aromatic carbocycles. The molecule has 3 amide bonds. The molecule has 0 aromatic heterocycles. The molecule has 0 saturated carbocycles. The van der Waals surface area contributed by atoms with Crippen LogP contribution >= 0.6 is 0 Å². The molecule has 308 valence electrons. The summed E-state index contributed by atoms with van der Waals surface area (Å²) in [5.41, 5.74) is 1.78. The van der Waals surface area contributed by atoms with Gasteiger partial charge in [-0.25, -0.2) is 4.79 Å². The average molecular weight is 787 g/mol. The third-order valence-corrected chi connectivity index (χ3v) is 12.2. The van der Waals surface area contributed by atoms with Gasteiger partial charge in [0.25, 0.3) is 5.91 Å². The lowest BCUT2D eigenvalue weighted by Crippen LogP contribution is -2.57. The summed E-state index contributed by atoms with van der Waals surface area (Å²) in [5.74, 6) is 2.15. The molecule has 6 rings (SSSR count). The SMILES string of the molecule is CCOC(=O)C1CCN(C(=O)NC2(c3ccccc3)CCN(CCC3(c4ccc(OC)c(OC)c4)CCN(C(=O)c4cc(OC)c(OC)c(OC)c4)C3)CC2)CC1. The molecule has 13 heteroatoms. The van der Waals surface area contributed by atoms with Crippen molar-refractivity contribution in [2.75, 3.05) is 88.0 Å². The van der Waals surface area contributed by atoms with Crippen molar-refractivity contribution in [3.8, 4) is 28.7 Å². The van der Waals surface area contributed by atoms with Gasteiger partial charge in [-0.05, 0) is 87.4 Å². The van der Waals surface area contributed by atoms with Crippen LogP contribution in [0.25, 0.3) is 0 Å². The quantitative estimate of drug-likeness (QED) is 0.198. The third-order valence-electron chi connectivity index (χ3n) is 12.2. The predicted molar refractivity (Wildman–Crippen MR) is 216 cm³/mol. The molecule has 1 N–H and O–H groups in total. The Balaban J connectivity index is 1.18. The molecule has 3 aliphatic rings. The van der Waals surface area contributed by atoms with E-state index in [-0.39, 0.29) is 29.2 Å². The van der Waals surface area contributed by atoms with Crippen LogP contribution in [0, 0.1) is 5.92 Å². The Morgan fingerprint density at radius 3 is 1.95 bits per heavy atom. The Morgan fingerprint density at radius 1 is 0.702 bits per heavy atom. The number of hydrogen-bond acceptors (Lipinski definition) is 10. The van der Waals surface area contributed by atoms with Gasteiger partial charge in [-0.2, -0.15) is 0 Å². The van der Waals surface area contributed by atoms with Gasteiger partial charge >= 0.3 is 12.0 Å². The van der Waals surface area contributed by atoms with E-state index < -0.39 is 5.54 Å². The Hall–Kier alpha value is -5.17. The highest BCUT2D eigenvalue weighted by molar-refractivity contribution is 5.96. The minimum Gasteiger partial charge on any atom is -0.493 e. The highest BCUT2D eigenvalue weighted by Crippen LogP contribution is 2.44. The van der Waals surface area contributed by atoms with Gasteiger partial charge in [0, 0.05) is 50.2 Å². The zero-order valence-electron chi connectivity index (χ0n) is 34.3. The average Bonchev–Trinajstić information content (AvgIpc) is 3.71. The number of urea groups is 1. The first-order valence-corrected chi connectivity index (χ1v) is 20.0. The van der Waals surface area contributed by atoms with E-state index in [1.54, 1.807) is 47.7 Å². The van der Waals surface area contributed by atoms with E-state index in [0.29, 0.717) is 79.9 Å². The van der Waals surface area contributed by atoms with Crippen molar-refractivity contribution in [2.45, 2.75) is 56.4 Å². The van der Waals surface area contributed by atoms with Gasteiger partial charge in [0.2, 0.25) is 5.75 Å². The molecule has 3 aromatic rings. The summed E-state index contributed by atoms with van der Waals surface area (Å²) in [5, 5.41) is 3.47. The van der Waals surface area contributed by atoms with Crippen LogP contribution in [0.3, 0.4) is 0 Å². The molecule has 1 unspecified atom stereocenters. The number of piperidine rings is 2. The smallest absolute Gasteiger partial charge is 0.318 e. The number of nitrogens with zero attached hydrogens (tertiary/aromatic N) is 3. The second kappa shape index (κ2) is 18.4. The number of ether oxygens (including phenoxy) is 6. The molecule has 0 spiro atoms. The summed E-state index contributed by atoms with van der Waals surface area (Å²) in [6.07, 6.45) is 4.27. The molecule has 3 fully saturated rings. The highest BCUT2D eigenvalue weighted by Gasteiger charge is 2.44. The zero-order valence-corrected chi connectivity index (χ0v) is 34.3. The van der Waals surface area contributed by atoms with Gasteiger partial charge in [-0.3, -0.25) is 9.59 Å². The van der Waals surface area contributed by atoms with Crippen molar-refractivity contribution in [3.05, 3.63) is 77.4 Å². The Labute approximate surface area is 336 Å². The van der Waals surface area contributed by atoms with Crippen LogP contribution in [0.4, 0.5) is 4.79 Å². The van der Waals surface area contributed by atoms with Crippen LogP contribution in [-0.2, 0) is 20.5 Å². The van der Waals surface area contributed by atoms with Crippen molar-refractivity contribution in [2.24, 2.45) is 5.92 Å². The maximum absolute atomic E-state index is 14.2. The molecule has 0 radical (unpaired) electrons. The van der Waals surface area contributed by atoms with E-state index in [1.165, 1.54) is 0 Å². The molecule has 0 bridgehead atoms. The van der Waals surface area contributed by atoms with Crippen LogP contribution in [-0.4, -0.2) is 121 Å². The lowest BCUT2D eigenvalue weighted by molar-refractivity contribution is -0.149. The minimum absolute atomic E-state index is 0.0927. The van der Waals surface area contributed by atoms with E-state index in [1.807, 2.05) is 47.1 Å². The first-order valence-electron chi connectivity index (χ1n) is 20.0. The zero-order chi connectivity index (χ0) is 40.6. The summed E-state index contributed by atoms with van der Waals surface area (Å²) in [7, 11) is 7.89. The molecule has 1 atom stereocenters. The summed E-state index contributed by atoms with van der Waals surface area (Å²) in [6, 6.07) is 19.7. The van der Waals surface area contributed by atoms with E-state index in [2.05, 4.69) is 28.4 Å². The number of likely N-dealkylation sites (tertiary alicyclic amines) is 3. The number of nitrogens with one attached hydrogen (secondary N) is 1. The number of benzene rings is 3. The fourth-order valence-corrected chi connectivity index (χ4v) is 8.82. The first kappa shape index (κ1) is 41.5. The lowest BCUT2D eigenvalue weighted by Gasteiger charge is -2.45. The van der Waals surface area contributed by atoms with Crippen molar-refractivity contribution in [1.29, 1.82) is 0 Å². The van der Waals surface area contributed by atoms with Crippen molar-refractivity contribution < 1.29 is 42.8 Å². The maximum Gasteiger partial charge on any atom is 0.318 e. The molecular weight excluding hydrogens is 729 g/mol. The monoisotopic (exact) mass is 786 g/mol. The van der Waals surface area contributed by atoms with Gasteiger partial charge < -0.3 is 48.4 Å². The summed E-state index contributed by atoms with van der Waals surface area (Å²) >= 11 is 0. The molecular formula is C44H58N4O9. The number of rotatable bonds is 14. The van der Waals surface area contributed by atoms with Crippen LogP contribution in [0.15, 0.2) is 60.7 Å². The maximum atomic E-state index is 14.2. The number of carbonyl (C=O) groups excluding carboxylic acids is 3. The number of methoxy groups -OCH3 is 5. The Bertz CT molecular complexity index is 1830. The van der Waals surface area contributed by atoms with Crippen LogP contribution < -0.4 is 29.0 Å². The summed E-state index contributed by atoms with van der Waals surface area (Å²) in [6.45, 7) is 6.69. The van der Waals surface area contributed by atoms with E-state index in [9.17, 15) is 14.4 Å². The van der Waals surface area contributed by atoms with E-state index in [4.69, 9.17) is 28.4 Å². The standard InChI is InChI=1S/C44H58N4O9/c1-7-57-41(50)31-15-21-47(22-16-31)42(51)45-44(33-11-9-8-10-12-33)19-24-46(25-20-44)23-17-43(34-13-14-35(52-2)36(29-34)53-3)18-26-48(30-43)40(49)32-27-37(54-4)39(56-6)38(28-32)55-5/h8-14,27-29,31H,7,15-26,30H2,1-6H3,(H,45,51). The number of hydrogen-bond donors (Lipinski definition) is 1. The Morgan fingerprint density at radius 2 is 1.35 bits per heavy atom. The fourth-order valence-electron chi connectivity index (χ4n) is 8.82. The molecule has 3 heterocycles. The normalized spacial score (nSPS) is 19.8. The number of esters is 1. The number of amides is 3. The van der Waals surface area contributed by atoms with Crippen molar-refractivity contribution in [1.82, 2.24) is 20.0 Å². The third kappa shape index (κ3) is 8.88. The van der Waals surface area contributed by atoms with Crippen LogP contribution in [0.1, 0.15) is 66.9 Å². The largest absolute Gasteiger partial charge is 0.493 e. The van der Waals surface area contributed by atoms with Crippen molar-refractivity contribution >= 4 is 17.9 Å². The van der Waals surface area contributed by atoms with Crippen LogP contribution in [0.5, 0.6) is 28.7 Å². The lowest BCUT2D eigenvalue weighted by atomic mass is 9.76. The van der Waals surface area contributed by atoms with E-state index in [0.717, 1.165) is 56.4 Å². The van der Waals surface area contributed by atoms with Gasteiger partial charge in [0.1, 0.15) is 0 Å². The molecule has 3 saturated heterocycles. The summed E-state index contributed by atoms with van der Waals surface area (Å²) < 4.78 is 33.2. The second-order valence-corrected chi connectivity index (χ2v) is 15.2. The fraction of sp³-hybridized carbons (Fsp3) is 0.523. The predicted octanol–water partition coefficient (Wildman–Crippen LogP) is 5.88. The highest BCUT2D eigenvalue weighted by atomic mass is 16.5. The van der Waals surface area contributed by atoms with Gasteiger partial charge in [-0.1, -0.05) is 36.4 Å². The van der Waals surface area contributed by atoms with Gasteiger partial charge in [0.05, 0.1) is 53.6 Å². The molecule has 57 heavy (non-hydrogen) atoms. The molecule has 0 aliphatic carbocycles. The first-order chi connectivity index (χ1) is 27.6.